The number of hydrogen-bond donors (Lipinski definition) is 0. The highest BCUT2D eigenvalue weighted by molar-refractivity contribution is 5.83. The molecular weight excluding hydrogens is 362 g/mol. The molecule has 0 bridgehead atoms. The zero-order valence-electron chi connectivity index (χ0n) is 15.0. The first-order chi connectivity index (χ1) is 12.8. The van der Waals surface area contributed by atoms with E-state index >= 15 is 0 Å². The van der Waals surface area contributed by atoms with Crippen molar-refractivity contribution in [3.05, 3.63) is 30.3 Å². The molecule has 2 aliphatic heterocycles. The van der Waals surface area contributed by atoms with Gasteiger partial charge in [0.1, 0.15) is 5.75 Å². The van der Waals surface area contributed by atoms with Gasteiger partial charge in [-0.15, -0.1) is 0 Å². The van der Waals surface area contributed by atoms with Gasteiger partial charge >= 0.3 is 5.92 Å². The molecule has 148 valence electrons. The van der Waals surface area contributed by atoms with Crippen LogP contribution in [0.3, 0.4) is 0 Å². The highest BCUT2D eigenvalue weighted by atomic mass is 19.3. The number of hydrogen-bond acceptors (Lipinski definition) is 5. The molecule has 0 N–H and O–H groups in total. The SMILES string of the molecule is CC(F)(F)C(=O)N1CCOC2(CN(C(=O)COc3ccccc3)CCO2)C1. The van der Waals surface area contributed by atoms with Crippen LogP contribution in [0.5, 0.6) is 5.75 Å². The van der Waals surface area contributed by atoms with Crippen LogP contribution < -0.4 is 4.74 Å². The van der Waals surface area contributed by atoms with Crippen molar-refractivity contribution < 1.29 is 32.6 Å². The fourth-order valence-corrected chi connectivity index (χ4v) is 3.11. The molecule has 1 atom stereocenters. The molecule has 2 heterocycles. The Hall–Kier alpha value is -2.26. The summed E-state index contributed by atoms with van der Waals surface area (Å²) in [7, 11) is 0. The number of nitrogens with zero attached hydrogens (tertiary/aromatic N) is 2. The Kier molecular flexibility index (Phi) is 5.61. The summed E-state index contributed by atoms with van der Waals surface area (Å²) in [5.41, 5.74) is 0. The fraction of sp³-hybridized carbons (Fsp3) is 0.556. The van der Waals surface area contributed by atoms with Gasteiger partial charge in [-0.3, -0.25) is 9.59 Å². The minimum atomic E-state index is -3.47. The Balaban J connectivity index is 1.60. The van der Waals surface area contributed by atoms with Crippen LogP contribution in [0.25, 0.3) is 0 Å². The molecule has 9 heteroatoms. The number of carbonyl (C=O) groups is 2. The maximum Gasteiger partial charge on any atom is 0.322 e. The summed E-state index contributed by atoms with van der Waals surface area (Å²) >= 11 is 0. The van der Waals surface area contributed by atoms with Crippen molar-refractivity contribution in [3.8, 4) is 5.75 Å². The maximum atomic E-state index is 13.4. The van der Waals surface area contributed by atoms with Crippen molar-refractivity contribution in [2.45, 2.75) is 18.6 Å². The van der Waals surface area contributed by atoms with E-state index in [2.05, 4.69) is 0 Å². The molecule has 7 nitrogen and oxygen atoms in total. The summed E-state index contributed by atoms with van der Waals surface area (Å²) in [5.74, 6) is -5.73. The summed E-state index contributed by atoms with van der Waals surface area (Å²) in [6.45, 7) is 0.928. The highest BCUT2D eigenvalue weighted by Gasteiger charge is 2.47. The molecule has 27 heavy (non-hydrogen) atoms. The smallest absolute Gasteiger partial charge is 0.322 e. The van der Waals surface area contributed by atoms with Crippen molar-refractivity contribution in [2.75, 3.05) is 46.0 Å². The third kappa shape index (κ3) is 4.72. The first-order valence-electron chi connectivity index (χ1n) is 8.70. The number of para-hydroxylation sites is 1. The molecule has 1 aromatic carbocycles. The molecule has 0 aliphatic carbocycles. The average molecular weight is 384 g/mol. The van der Waals surface area contributed by atoms with E-state index < -0.39 is 17.6 Å². The molecular formula is C18H22F2N2O5. The molecule has 1 aromatic rings. The van der Waals surface area contributed by atoms with Gasteiger partial charge < -0.3 is 24.0 Å². The van der Waals surface area contributed by atoms with Crippen LogP contribution in [0.2, 0.25) is 0 Å². The first-order valence-corrected chi connectivity index (χ1v) is 8.70. The van der Waals surface area contributed by atoms with E-state index in [0.29, 0.717) is 19.2 Å². The van der Waals surface area contributed by atoms with Gasteiger partial charge in [-0.1, -0.05) is 18.2 Å². The van der Waals surface area contributed by atoms with Gasteiger partial charge in [0.2, 0.25) is 5.79 Å². The molecule has 1 unspecified atom stereocenters. The van der Waals surface area contributed by atoms with Crippen molar-refractivity contribution >= 4 is 11.8 Å². The normalized spacial score (nSPS) is 23.4. The Bertz CT molecular complexity index is 678. The van der Waals surface area contributed by atoms with Gasteiger partial charge in [0.15, 0.2) is 6.61 Å². The lowest BCUT2D eigenvalue weighted by Gasteiger charge is -2.47. The molecule has 0 saturated carbocycles. The second-order valence-corrected chi connectivity index (χ2v) is 6.64. The largest absolute Gasteiger partial charge is 0.484 e. The topological polar surface area (TPSA) is 68.3 Å². The number of carbonyl (C=O) groups excluding carboxylic acids is 2. The van der Waals surface area contributed by atoms with E-state index in [0.717, 1.165) is 4.90 Å². The predicted octanol–water partition coefficient (Wildman–Crippen LogP) is 1.13. The van der Waals surface area contributed by atoms with Crippen LogP contribution in [0.1, 0.15) is 6.92 Å². The number of halogens is 2. The van der Waals surface area contributed by atoms with Crippen LogP contribution in [0, 0.1) is 0 Å². The van der Waals surface area contributed by atoms with E-state index in [1.54, 1.807) is 24.3 Å². The molecule has 2 saturated heterocycles. The Morgan fingerprint density at radius 1 is 1.11 bits per heavy atom. The molecule has 2 fully saturated rings. The second kappa shape index (κ2) is 7.77. The van der Waals surface area contributed by atoms with Gasteiger partial charge in [-0.05, 0) is 12.1 Å². The Morgan fingerprint density at radius 3 is 2.33 bits per heavy atom. The van der Waals surface area contributed by atoms with Crippen molar-refractivity contribution in [1.82, 2.24) is 9.80 Å². The summed E-state index contributed by atoms with van der Waals surface area (Å²) in [4.78, 5) is 26.9. The lowest BCUT2D eigenvalue weighted by atomic mass is 10.1. The number of benzene rings is 1. The number of ether oxygens (including phenoxy) is 3. The summed E-state index contributed by atoms with van der Waals surface area (Å²) in [5, 5.41) is 0. The van der Waals surface area contributed by atoms with Crippen molar-refractivity contribution in [3.63, 3.8) is 0 Å². The molecule has 0 aromatic heterocycles. The monoisotopic (exact) mass is 384 g/mol. The van der Waals surface area contributed by atoms with Gasteiger partial charge in [-0.25, -0.2) is 0 Å². The number of alkyl halides is 2. The Labute approximate surface area is 155 Å². The third-order valence-corrected chi connectivity index (χ3v) is 4.44. The molecule has 1 spiro atoms. The number of amides is 2. The van der Waals surface area contributed by atoms with E-state index in [1.165, 1.54) is 4.90 Å². The molecule has 2 aliphatic rings. The van der Waals surface area contributed by atoms with Crippen LogP contribution >= 0.6 is 0 Å². The van der Waals surface area contributed by atoms with E-state index in [1.807, 2.05) is 6.07 Å². The number of rotatable bonds is 4. The lowest BCUT2D eigenvalue weighted by molar-refractivity contribution is -0.288. The molecule has 2 amide bonds. The van der Waals surface area contributed by atoms with Gasteiger partial charge in [0.05, 0.1) is 26.3 Å². The first kappa shape index (κ1) is 19.5. The second-order valence-electron chi connectivity index (χ2n) is 6.64. The average Bonchev–Trinajstić information content (AvgIpc) is 2.65. The minimum Gasteiger partial charge on any atom is -0.484 e. The lowest BCUT2D eigenvalue weighted by Crippen LogP contribution is -2.65. The quantitative estimate of drug-likeness (QED) is 0.779. The van der Waals surface area contributed by atoms with Crippen molar-refractivity contribution in [2.24, 2.45) is 0 Å². The maximum absolute atomic E-state index is 13.4. The van der Waals surface area contributed by atoms with E-state index in [4.69, 9.17) is 14.2 Å². The van der Waals surface area contributed by atoms with Crippen LogP contribution in [0.15, 0.2) is 30.3 Å². The van der Waals surface area contributed by atoms with Crippen molar-refractivity contribution in [1.29, 1.82) is 0 Å². The molecule has 0 radical (unpaired) electrons. The summed E-state index contributed by atoms with van der Waals surface area (Å²) < 4.78 is 43.5. The third-order valence-electron chi connectivity index (χ3n) is 4.44. The number of morpholine rings is 2. The minimum absolute atomic E-state index is 0.0447. The van der Waals surface area contributed by atoms with Crippen LogP contribution in [-0.2, 0) is 19.1 Å². The predicted molar refractivity (Wildman–Crippen MR) is 90.4 cm³/mol. The Morgan fingerprint density at radius 2 is 1.70 bits per heavy atom. The van der Waals surface area contributed by atoms with Crippen LogP contribution in [0.4, 0.5) is 8.78 Å². The molecule has 3 rings (SSSR count). The summed E-state index contributed by atoms with van der Waals surface area (Å²) in [6, 6.07) is 8.93. The van der Waals surface area contributed by atoms with Gasteiger partial charge in [0.25, 0.3) is 11.8 Å². The van der Waals surface area contributed by atoms with Crippen LogP contribution in [-0.4, -0.2) is 79.3 Å². The van der Waals surface area contributed by atoms with Gasteiger partial charge in [0, 0.05) is 20.0 Å². The highest BCUT2D eigenvalue weighted by Crippen LogP contribution is 2.27. The van der Waals surface area contributed by atoms with E-state index in [9.17, 15) is 18.4 Å². The summed E-state index contributed by atoms with van der Waals surface area (Å²) in [6.07, 6.45) is 0. The fourth-order valence-electron chi connectivity index (χ4n) is 3.11. The zero-order valence-corrected chi connectivity index (χ0v) is 15.0. The standard InChI is InChI=1S/C18H22F2N2O5/c1-17(19,20)16(24)22-8-10-27-18(13-22)12-21(7-9-26-18)15(23)11-25-14-5-3-2-4-6-14/h2-6H,7-13H2,1H3. The van der Waals surface area contributed by atoms with Gasteiger partial charge in [-0.2, -0.15) is 8.78 Å². The zero-order chi connectivity index (χ0) is 19.5. The van der Waals surface area contributed by atoms with E-state index in [-0.39, 0.29) is 45.4 Å².